The number of ether oxygens (including phenoxy) is 3. The average Bonchev–Trinajstić information content (AvgIpc) is 2.71. The molecule has 0 saturated heterocycles. The van der Waals surface area contributed by atoms with E-state index in [4.69, 9.17) is 9.47 Å². The third-order valence-corrected chi connectivity index (χ3v) is 3.78. The van der Waals surface area contributed by atoms with Crippen LogP contribution in [0.1, 0.15) is 22.8 Å². The highest BCUT2D eigenvalue weighted by atomic mass is 19.3. The fourth-order valence-electron chi connectivity index (χ4n) is 2.32. The van der Waals surface area contributed by atoms with Crippen molar-refractivity contribution < 1.29 is 32.6 Å². The topological polar surface area (TPSA) is 85.6 Å². The molecule has 0 fully saturated rings. The molecular formula is C21H17F2NO5. The standard InChI is InChI=1S/C21H17F2NO5/c1-13(19(25)15-5-9-18(10-6-15)29-21(22)23)28-20(26)16(12-24)11-14-3-7-17(27-2)8-4-14/h3-11,13,21H,1-2H3/b16-11-. The van der Waals surface area contributed by atoms with Gasteiger partial charge in [-0.25, -0.2) is 4.79 Å². The van der Waals surface area contributed by atoms with Crippen molar-refractivity contribution in [2.45, 2.75) is 19.6 Å². The number of esters is 1. The second-order valence-corrected chi connectivity index (χ2v) is 5.76. The van der Waals surface area contributed by atoms with Gasteiger partial charge in [-0.3, -0.25) is 4.79 Å². The van der Waals surface area contributed by atoms with E-state index >= 15 is 0 Å². The van der Waals surface area contributed by atoms with Crippen LogP contribution in [0.15, 0.2) is 54.1 Å². The molecular weight excluding hydrogens is 384 g/mol. The molecule has 1 atom stereocenters. The Balaban J connectivity index is 2.06. The van der Waals surface area contributed by atoms with Gasteiger partial charge in [-0.2, -0.15) is 14.0 Å². The molecule has 29 heavy (non-hydrogen) atoms. The minimum atomic E-state index is -2.97. The third kappa shape index (κ3) is 6.14. The van der Waals surface area contributed by atoms with E-state index in [1.807, 2.05) is 0 Å². The molecule has 0 heterocycles. The number of nitrogens with zero attached hydrogens (tertiary/aromatic N) is 1. The van der Waals surface area contributed by atoms with Crippen LogP contribution in [-0.4, -0.2) is 31.6 Å². The van der Waals surface area contributed by atoms with Crippen molar-refractivity contribution in [2.75, 3.05) is 7.11 Å². The molecule has 1 unspecified atom stereocenters. The summed E-state index contributed by atoms with van der Waals surface area (Å²) in [7, 11) is 1.51. The van der Waals surface area contributed by atoms with Gasteiger partial charge in [-0.1, -0.05) is 12.1 Å². The van der Waals surface area contributed by atoms with Crippen molar-refractivity contribution >= 4 is 17.8 Å². The van der Waals surface area contributed by atoms with E-state index in [1.54, 1.807) is 30.3 Å². The van der Waals surface area contributed by atoms with E-state index in [1.165, 1.54) is 44.4 Å². The highest BCUT2D eigenvalue weighted by molar-refractivity contribution is 6.03. The summed E-state index contributed by atoms with van der Waals surface area (Å²) in [6, 6.07) is 13.4. The summed E-state index contributed by atoms with van der Waals surface area (Å²) >= 11 is 0. The highest BCUT2D eigenvalue weighted by Gasteiger charge is 2.22. The lowest BCUT2D eigenvalue weighted by Gasteiger charge is -2.12. The summed E-state index contributed by atoms with van der Waals surface area (Å²) in [6.07, 6.45) is 0.145. The number of carbonyl (C=O) groups is 2. The van der Waals surface area contributed by atoms with Gasteiger partial charge in [0.2, 0.25) is 5.78 Å². The number of rotatable bonds is 8. The first-order chi connectivity index (χ1) is 13.8. The molecule has 0 N–H and O–H groups in total. The SMILES string of the molecule is COc1ccc(/C=C(/C#N)C(=O)OC(C)C(=O)c2ccc(OC(F)F)cc2)cc1. The molecule has 0 aliphatic heterocycles. The summed E-state index contributed by atoms with van der Waals surface area (Å²) in [5.74, 6) is -0.992. The monoisotopic (exact) mass is 401 g/mol. The number of benzene rings is 2. The maximum Gasteiger partial charge on any atom is 0.387 e. The average molecular weight is 401 g/mol. The van der Waals surface area contributed by atoms with Crippen LogP contribution in [0.25, 0.3) is 6.08 Å². The first-order valence-corrected chi connectivity index (χ1v) is 8.40. The molecule has 150 valence electrons. The molecule has 0 aromatic heterocycles. The van der Waals surface area contributed by atoms with Crippen LogP contribution in [-0.2, 0) is 9.53 Å². The van der Waals surface area contributed by atoms with Crippen LogP contribution < -0.4 is 9.47 Å². The number of hydrogen-bond donors (Lipinski definition) is 0. The first-order valence-electron chi connectivity index (χ1n) is 8.40. The molecule has 0 saturated carbocycles. The molecule has 2 aromatic carbocycles. The van der Waals surface area contributed by atoms with Crippen molar-refractivity contribution in [3.63, 3.8) is 0 Å². The van der Waals surface area contributed by atoms with E-state index in [0.717, 1.165) is 0 Å². The zero-order valence-corrected chi connectivity index (χ0v) is 15.6. The predicted molar refractivity (Wildman–Crippen MR) is 99.5 cm³/mol. The normalized spacial score (nSPS) is 12.1. The Labute approximate surface area is 165 Å². The summed E-state index contributed by atoms with van der Waals surface area (Å²) in [5.41, 5.74) is 0.438. The lowest BCUT2D eigenvalue weighted by molar-refractivity contribution is -0.141. The third-order valence-electron chi connectivity index (χ3n) is 3.78. The Bertz CT molecular complexity index is 931. The molecule has 0 aliphatic rings. The Morgan fingerprint density at radius 3 is 2.14 bits per heavy atom. The number of ketones is 1. The zero-order valence-electron chi connectivity index (χ0n) is 15.6. The predicted octanol–water partition coefficient (Wildman–Crippen LogP) is 4.02. The van der Waals surface area contributed by atoms with Crippen LogP contribution in [0.4, 0.5) is 8.78 Å². The van der Waals surface area contributed by atoms with Gasteiger partial charge in [0, 0.05) is 5.56 Å². The maximum atomic E-state index is 12.4. The van der Waals surface area contributed by atoms with Gasteiger partial charge in [0.25, 0.3) is 0 Å². The van der Waals surface area contributed by atoms with Crippen molar-refractivity contribution in [1.82, 2.24) is 0 Å². The Morgan fingerprint density at radius 2 is 1.62 bits per heavy atom. The minimum Gasteiger partial charge on any atom is -0.497 e. The van der Waals surface area contributed by atoms with E-state index in [0.29, 0.717) is 11.3 Å². The van der Waals surface area contributed by atoms with Crippen molar-refractivity contribution in [3.8, 4) is 17.6 Å². The first kappa shape index (κ1) is 21.6. The van der Waals surface area contributed by atoms with E-state index in [9.17, 15) is 23.6 Å². The van der Waals surface area contributed by atoms with E-state index in [-0.39, 0.29) is 16.9 Å². The van der Waals surface area contributed by atoms with Gasteiger partial charge >= 0.3 is 12.6 Å². The molecule has 0 radical (unpaired) electrons. The summed E-state index contributed by atoms with van der Waals surface area (Å²) in [6.45, 7) is -1.62. The Kier molecular flexibility index (Phi) is 7.43. The number of methoxy groups -OCH3 is 1. The van der Waals surface area contributed by atoms with Gasteiger partial charge in [-0.15, -0.1) is 0 Å². The minimum absolute atomic E-state index is 0.101. The van der Waals surface area contributed by atoms with Crippen LogP contribution in [0.5, 0.6) is 11.5 Å². The number of Topliss-reactive ketones (excluding diaryl/α,β-unsaturated/α-hetero) is 1. The smallest absolute Gasteiger partial charge is 0.387 e. The lowest BCUT2D eigenvalue weighted by atomic mass is 10.1. The lowest BCUT2D eigenvalue weighted by Crippen LogP contribution is -2.25. The van der Waals surface area contributed by atoms with Crippen LogP contribution in [0.3, 0.4) is 0 Å². The Morgan fingerprint density at radius 1 is 1.03 bits per heavy atom. The van der Waals surface area contributed by atoms with Crippen LogP contribution >= 0.6 is 0 Å². The second-order valence-electron chi connectivity index (χ2n) is 5.76. The molecule has 2 aromatic rings. The molecule has 8 heteroatoms. The molecule has 0 spiro atoms. The van der Waals surface area contributed by atoms with Crippen molar-refractivity contribution in [1.29, 1.82) is 5.26 Å². The zero-order chi connectivity index (χ0) is 21.4. The van der Waals surface area contributed by atoms with Gasteiger partial charge in [0.05, 0.1) is 7.11 Å². The number of nitriles is 1. The fourth-order valence-corrected chi connectivity index (χ4v) is 2.32. The number of halogens is 2. The van der Waals surface area contributed by atoms with Gasteiger partial charge in [0.15, 0.2) is 6.10 Å². The Hall–Kier alpha value is -3.73. The number of alkyl halides is 2. The molecule has 6 nitrogen and oxygen atoms in total. The van der Waals surface area contributed by atoms with Crippen molar-refractivity contribution in [3.05, 3.63) is 65.2 Å². The van der Waals surface area contributed by atoms with Crippen LogP contribution in [0.2, 0.25) is 0 Å². The van der Waals surface area contributed by atoms with Gasteiger partial charge in [-0.05, 0) is 55.0 Å². The highest BCUT2D eigenvalue weighted by Crippen LogP contribution is 2.18. The summed E-state index contributed by atoms with van der Waals surface area (Å²) in [5, 5.41) is 9.23. The quantitative estimate of drug-likeness (QED) is 0.287. The molecule has 0 aliphatic carbocycles. The number of carbonyl (C=O) groups excluding carboxylic acids is 2. The molecule has 2 rings (SSSR count). The van der Waals surface area contributed by atoms with E-state index in [2.05, 4.69) is 4.74 Å². The maximum absolute atomic E-state index is 12.4. The van der Waals surface area contributed by atoms with Gasteiger partial charge < -0.3 is 14.2 Å². The second kappa shape index (κ2) is 9.99. The number of hydrogen-bond acceptors (Lipinski definition) is 6. The summed E-state index contributed by atoms with van der Waals surface area (Å²) < 4.78 is 38.7. The molecule has 0 amide bonds. The van der Waals surface area contributed by atoms with E-state index < -0.39 is 24.5 Å². The van der Waals surface area contributed by atoms with Crippen LogP contribution in [0, 0.1) is 11.3 Å². The van der Waals surface area contributed by atoms with Crippen molar-refractivity contribution in [2.24, 2.45) is 0 Å². The molecule has 0 bridgehead atoms. The van der Waals surface area contributed by atoms with Gasteiger partial charge in [0.1, 0.15) is 23.1 Å². The largest absolute Gasteiger partial charge is 0.497 e. The fraction of sp³-hybridized carbons (Fsp3) is 0.190. The summed E-state index contributed by atoms with van der Waals surface area (Å²) in [4.78, 5) is 24.6.